The van der Waals surface area contributed by atoms with Crippen LogP contribution in [0.15, 0.2) is 35.3 Å². The van der Waals surface area contributed by atoms with Crippen molar-refractivity contribution in [2.45, 2.75) is 6.43 Å². The number of alkyl halides is 2. The van der Waals surface area contributed by atoms with Gasteiger partial charge in [0.1, 0.15) is 0 Å². The van der Waals surface area contributed by atoms with Gasteiger partial charge in [-0.05, 0) is 10.5 Å². The first-order valence-electron chi connectivity index (χ1n) is 3.39. The third-order valence-corrected chi connectivity index (χ3v) is 1.95. The van der Waals surface area contributed by atoms with Gasteiger partial charge in [-0.25, -0.2) is 8.78 Å². The van der Waals surface area contributed by atoms with Crippen LogP contribution in [0.2, 0.25) is 0 Å². The molecule has 0 radical (unpaired) electrons. The van der Waals surface area contributed by atoms with Gasteiger partial charge in [-0.1, -0.05) is 46.3 Å². The monoisotopic (exact) mass is 232 g/mol. The Hall–Kier alpha value is -0.700. The largest absolute Gasteiger partial charge is 0.264 e. The van der Waals surface area contributed by atoms with E-state index in [0.717, 1.165) is 0 Å². The summed E-state index contributed by atoms with van der Waals surface area (Å²) in [6.45, 7) is 0. The Bertz CT molecular complexity index is 267. The van der Waals surface area contributed by atoms with Gasteiger partial charge in [0.25, 0.3) is 6.43 Å². The molecule has 0 aliphatic rings. The summed E-state index contributed by atoms with van der Waals surface area (Å²) in [6.07, 6.45) is -2.44. The molecule has 0 aromatic heterocycles. The van der Waals surface area contributed by atoms with E-state index in [9.17, 15) is 8.78 Å². The highest BCUT2D eigenvalue weighted by Crippen LogP contribution is 2.22. The Morgan fingerprint density at radius 1 is 1.25 bits per heavy atom. The molecule has 1 rings (SSSR count). The fourth-order valence-electron chi connectivity index (χ4n) is 0.867. The zero-order chi connectivity index (χ0) is 8.97. The van der Waals surface area contributed by atoms with Crippen molar-refractivity contribution in [1.82, 2.24) is 0 Å². The summed E-state index contributed by atoms with van der Waals surface area (Å²) in [4.78, 5) is 1.26. The van der Waals surface area contributed by atoms with E-state index in [4.69, 9.17) is 0 Å². The Kier molecular flexibility index (Phi) is 3.41. The van der Waals surface area contributed by atoms with E-state index in [-0.39, 0.29) is 5.57 Å². The Balaban J connectivity index is 2.97. The molecule has 1 aromatic carbocycles. The van der Waals surface area contributed by atoms with Crippen molar-refractivity contribution in [3.8, 4) is 0 Å². The van der Waals surface area contributed by atoms with Gasteiger partial charge in [0, 0.05) is 5.57 Å². The van der Waals surface area contributed by atoms with E-state index >= 15 is 0 Å². The van der Waals surface area contributed by atoms with Crippen LogP contribution >= 0.6 is 15.9 Å². The summed E-state index contributed by atoms with van der Waals surface area (Å²) in [5.41, 5.74) is 0.556. The number of halogens is 3. The Morgan fingerprint density at radius 2 is 1.83 bits per heavy atom. The van der Waals surface area contributed by atoms with Crippen LogP contribution in [0, 0.1) is 0 Å². The highest BCUT2D eigenvalue weighted by molar-refractivity contribution is 9.11. The minimum atomic E-state index is -2.44. The number of benzene rings is 1. The lowest BCUT2D eigenvalue weighted by Crippen LogP contribution is -1.94. The quantitative estimate of drug-likeness (QED) is 0.730. The fourth-order valence-corrected chi connectivity index (χ4v) is 1.33. The molecule has 0 heterocycles. The van der Waals surface area contributed by atoms with E-state index in [2.05, 4.69) is 15.9 Å². The van der Waals surface area contributed by atoms with Crippen LogP contribution in [0.25, 0.3) is 5.57 Å². The maximum absolute atomic E-state index is 12.3. The third kappa shape index (κ3) is 2.14. The normalized spacial score (nSPS) is 12.2. The van der Waals surface area contributed by atoms with Crippen LogP contribution in [-0.2, 0) is 0 Å². The molecule has 0 saturated heterocycles. The van der Waals surface area contributed by atoms with E-state index in [1.807, 2.05) is 0 Å². The van der Waals surface area contributed by atoms with Crippen molar-refractivity contribution in [2.75, 3.05) is 0 Å². The molecule has 64 valence electrons. The van der Waals surface area contributed by atoms with Crippen LogP contribution < -0.4 is 0 Å². The van der Waals surface area contributed by atoms with Crippen molar-refractivity contribution >= 4 is 21.5 Å². The van der Waals surface area contributed by atoms with E-state index in [1.165, 1.54) is 4.99 Å². The highest BCUT2D eigenvalue weighted by atomic mass is 79.9. The Morgan fingerprint density at radius 3 is 2.25 bits per heavy atom. The van der Waals surface area contributed by atoms with Crippen molar-refractivity contribution in [3.63, 3.8) is 0 Å². The van der Waals surface area contributed by atoms with Crippen LogP contribution in [0.4, 0.5) is 8.78 Å². The predicted octanol–water partition coefficient (Wildman–Crippen LogP) is 3.69. The lowest BCUT2D eigenvalue weighted by molar-refractivity contribution is 0.215. The lowest BCUT2D eigenvalue weighted by atomic mass is 10.1. The van der Waals surface area contributed by atoms with E-state index in [0.29, 0.717) is 5.56 Å². The molecule has 0 nitrogen and oxygen atoms in total. The van der Waals surface area contributed by atoms with Crippen molar-refractivity contribution in [2.24, 2.45) is 0 Å². The summed E-state index contributed by atoms with van der Waals surface area (Å²) < 4.78 is 24.6. The van der Waals surface area contributed by atoms with Gasteiger partial charge in [0.2, 0.25) is 0 Å². The van der Waals surface area contributed by atoms with Crippen molar-refractivity contribution in [1.29, 1.82) is 0 Å². The fraction of sp³-hybridized carbons (Fsp3) is 0.111. The zero-order valence-corrected chi connectivity index (χ0v) is 7.76. The van der Waals surface area contributed by atoms with Crippen LogP contribution in [0.3, 0.4) is 0 Å². The first kappa shape index (κ1) is 9.39. The predicted molar refractivity (Wildman–Crippen MR) is 49.4 cm³/mol. The number of rotatable bonds is 2. The molecular weight excluding hydrogens is 226 g/mol. The molecule has 0 amide bonds. The highest BCUT2D eigenvalue weighted by Gasteiger charge is 2.11. The molecule has 0 atom stereocenters. The number of allylic oxidation sites excluding steroid dienone is 1. The molecule has 0 N–H and O–H groups in total. The topological polar surface area (TPSA) is 0 Å². The van der Waals surface area contributed by atoms with Crippen LogP contribution in [-0.4, -0.2) is 6.43 Å². The van der Waals surface area contributed by atoms with Gasteiger partial charge < -0.3 is 0 Å². The average molecular weight is 233 g/mol. The average Bonchev–Trinajstić information content (AvgIpc) is 2.07. The zero-order valence-electron chi connectivity index (χ0n) is 6.18. The molecule has 0 spiro atoms. The SMILES string of the molecule is FC(F)C(=CBr)c1ccccc1. The van der Waals surface area contributed by atoms with Gasteiger partial charge in [0.05, 0.1) is 0 Å². The lowest BCUT2D eigenvalue weighted by Gasteiger charge is -2.03. The van der Waals surface area contributed by atoms with Crippen molar-refractivity contribution in [3.05, 3.63) is 40.9 Å². The van der Waals surface area contributed by atoms with Crippen molar-refractivity contribution < 1.29 is 8.78 Å². The van der Waals surface area contributed by atoms with Crippen LogP contribution in [0.1, 0.15) is 5.56 Å². The molecule has 12 heavy (non-hydrogen) atoms. The molecule has 0 aliphatic carbocycles. The second kappa shape index (κ2) is 4.36. The van der Waals surface area contributed by atoms with Crippen LogP contribution in [0.5, 0.6) is 0 Å². The maximum atomic E-state index is 12.3. The van der Waals surface area contributed by atoms with Gasteiger partial charge in [0.15, 0.2) is 0 Å². The summed E-state index contributed by atoms with van der Waals surface area (Å²) >= 11 is 2.91. The molecule has 0 fully saturated rings. The van der Waals surface area contributed by atoms with Gasteiger partial charge >= 0.3 is 0 Å². The molecule has 0 saturated carbocycles. The number of hydrogen-bond donors (Lipinski definition) is 0. The smallest absolute Gasteiger partial charge is 0.205 e. The first-order valence-corrected chi connectivity index (χ1v) is 4.31. The van der Waals surface area contributed by atoms with Gasteiger partial charge in [-0.15, -0.1) is 0 Å². The number of hydrogen-bond acceptors (Lipinski definition) is 0. The Labute approximate surface area is 78.0 Å². The summed E-state index contributed by atoms with van der Waals surface area (Å²) in [5.74, 6) is 0. The summed E-state index contributed by atoms with van der Waals surface area (Å²) in [6, 6.07) is 8.56. The first-order chi connectivity index (χ1) is 5.75. The van der Waals surface area contributed by atoms with E-state index in [1.54, 1.807) is 30.3 Å². The minimum absolute atomic E-state index is 0.00981. The molecule has 0 bridgehead atoms. The minimum Gasteiger partial charge on any atom is -0.205 e. The van der Waals surface area contributed by atoms with Gasteiger partial charge in [-0.2, -0.15) is 0 Å². The third-order valence-electron chi connectivity index (χ3n) is 1.46. The molecule has 0 aliphatic heterocycles. The molecule has 1 aromatic rings. The molecule has 3 heteroatoms. The molecular formula is C9H7BrF2. The summed E-state index contributed by atoms with van der Waals surface area (Å²) in [7, 11) is 0. The second-order valence-electron chi connectivity index (χ2n) is 2.23. The maximum Gasteiger partial charge on any atom is 0.264 e. The standard InChI is InChI=1S/C9H7BrF2/c10-6-8(9(11)12)7-4-2-1-3-5-7/h1-6,9H. The molecule has 0 unspecified atom stereocenters. The second-order valence-corrected chi connectivity index (χ2v) is 2.69. The van der Waals surface area contributed by atoms with E-state index < -0.39 is 6.43 Å². The summed E-state index contributed by atoms with van der Waals surface area (Å²) in [5, 5.41) is 0. The van der Waals surface area contributed by atoms with Gasteiger partial charge in [-0.3, -0.25) is 0 Å².